The number of hydrogen-bond donors (Lipinski definition) is 1. The molecule has 1 aromatic heterocycles. The fourth-order valence-corrected chi connectivity index (χ4v) is 1.75. The number of rotatable bonds is 5. The minimum Gasteiger partial charge on any atom is -0.389 e. The molecule has 1 aromatic rings. The lowest BCUT2D eigenvalue weighted by molar-refractivity contribution is -0.0148. The van der Waals surface area contributed by atoms with E-state index in [2.05, 4.69) is 9.88 Å². The number of pyridine rings is 1. The van der Waals surface area contributed by atoms with E-state index in [0.29, 0.717) is 6.54 Å². The van der Waals surface area contributed by atoms with Crippen molar-refractivity contribution < 1.29 is 5.11 Å². The molecular weight excluding hydrogens is 212 g/mol. The number of hydrogen-bond acceptors (Lipinski definition) is 3. The fraction of sp³-hybridized carbons (Fsp3) is 0.643. The Morgan fingerprint density at radius 3 is 2.59 bits per heavy atom. The minimum absolute atomic E-state index is 0.246. The Morgan fingerprint density at radius 2 is 2.06 bits per heavy atom. The molecule has 0 spiro atoms. The predicted molar refractivity (Wildman–Crippen MR) is 70.8 cm³/mol. The summed E-state index contributed by atoms with van der Waals surface area (Å²) in [5.41, 5.74) is 1.43. The van der Waals surface area contributed by atoms with Crippen LogP contribution in [0, 0.1) is 12.8 Å². The van der Waals surface area contributed by atoms with Crippen molar-refractivity contribution in [1.29, 1.82) is 0 Å². The average molecular weight is 236 g/mol. The molecule has 1 heterocycles. The van der Waals surface area contributed by atoms with Gasteiger partial charge in [0.2, 0.25) is 0 Å². The number of aryl methyl sites for hydroxylation is 1. The van der Waals surface area contributed by atoms with Crippen LogP contribution in [0.5, 0.6) is 0 Å². The summed E-state index contributed by atoms with van der Waals surface area (Å²) in [6.07, 6.45) is 0. The molecule has 1 N–H and O–H groups in total. The third kappa shape index (κ3) is 4.44. The fourth-order valence-electron chi connectivity index (χ4n) is 1.75. The van der Waals surface area contributed by atoms with Crippen molar-refractivity contribution in [2.75, 3.05) is 13.6 Å². The summed E-state index contributed by atoms with van der Waals surface area (Å²) < 4.78 is 0. The van der Waals surface area contributed by atoms with Crippen molar-refractivity contribution in [3.63, 3.8) is 0 Å². The number of likely N-dealkylation sites (N-methyl/N-ethyl adjacent to an activating group) is 1. The summed E-state index contributed by atoms with van der Waals surface area (Å²) >= 11 is 0. The Labute approximate surface area is 104 Å². The van der Waals surface area contributed by atoms with Gasteiger partial charge in [-0.15, -0.1) is 0 Å². The third-order valence-corrected chi connectivity index (χ3v) is 3.21. The highest BCUT2D eigenvalue weighted by Gasteiger charge is 2.26. The minimum atomic E-state index is -0.654. The first-order chi connectivity index (χ1) is 7.81. The average Bonchev–Trinajstić information content (AvgIpc) is 2.15. The standard InChI is InChI=1S/C14H24N2O/c1-11(2)14(4,17)10-16(5)9-13-8-6-7-12(3)15-13/h6-8,11,17H,9-10H2,1-5H3. The van der Waals surface area contributed by atoms with Crippen LogP contribution in [0.3, 0.4) is 0 Å². The molecule has 0 aliphatic carbocycles. The smallest absolute Gasteiger partial charge is 0.0768 e. The van der Waals surface area contributed by atoms with Crippen LogP contribution < -0.4 is 0 Å². The van der Waals surface area contributed by atoms with Gasteiger partial charge in [0, 0.05) is 18.8 Å². The molecule has 0 aliphatic heterocycles. The van der Waals surface area contributed by atoms with Gasteiger partial charge in [-0.25, -0.2) is 0 Å². The third-order valence-electron chi connectivity index (χ3n) is 3.21. The predicted octanol–water partition coefficient (Wildman–Crippen LogP) is 2.23. The van der Waals surface area contributed by atoms with Gasteiger partial charge in [-0.1, -0.05) is 19.9 Å². The first-order valence-corrected chi connectivity index (χ1v) is 6.14. The molecule has 17 heavy (non-hydrogen) atoms. The molecule has 3 nitrogen and oxygen atoms in total. The molecule has 0 bridgehead atoms. The molecule has 1 rings (SSSR count). The zero-order valence-electron chi connectivity index (χ0n) is 11.6. The van der Waals surface area contributed by atoms with Crippen LogP contribution in [0.25, 0.3) is 0 Å². The van der Waals surface area contributed by atoms with E-state index in [0.717, 1.165) is 17.9 Å². The van der Waals surface area contributed by atoms with E-state index in [-0.39, 0.29) is 5.92 Å². The lowest BCUT2D eigenvalue weighted by atomic mass is 9.92. The summed E-state index contributed by atoms with van der Waals surface area (Å²) in [5.74, 6) is 0.246. The van der Waals surface area contributed by atoms with E-state index in [9.17, 15) is 5.11 Å². The van der Waals surface area contributed by atoms with E-state index in [1.54, 1.807) is 0 Å². The molecular formula is C14H24N2O. The Bertz CT molecular complexity index is 361. The quantitative estimate of drug-likeness (QED) is 0.851. The van der Waals surface area contributed by atoms with Crippen LogP contribution in [0.2, 0.25) is 0 Å². The second kappa shape index (κ2) is 5.61. The van der Waals surface area contributed by atoms with E-state index < -0.39 is 5.60 Å². The number of aliphatic hydroxyl groups is 1. The molecule has 0 amide bonds. The van der Waals surface area contributed by atoms with Gasteiger partial charge in [-0.2, -0.15) is 0 Å². The molecule has 1 unspecified atom stereocenters. The molecule has 0 aliphatic rings. The molecule has 96 valence electrons. The van der Waals surface area contributed by atoms with Crippen molar-refractivity contribution in [3.8, 4) is 0 Å². The van der Waals surface area contributed by atoms with Crippen molar-refractivity contribution in [2.45, 2.75) is 39.8 Å². The van der Waals surface area contributed by atoms with Crippen LogP contribution in [0.15, 0.2) is 18.2 Å². The van der Waals surface area contributed by atoms with Crippen molar-refractivity contribution >= 4 is 0 Å². The summed E-state index contributed by atoms with van der Waals surface area (Å²) in [5, 5.41) is 10.2. The Kier molecular flexibility index (Phi) is 4.66. The summed E-state index contributed by atoms with van der Waals surface area (Å²) in [7, 11) is 2.01. The number of nitrogens with zero attached hydrogens (tertiary/aromatic N) is 2. The lowest BCUT2D eigenvalue weighted by Crippen LogP contribution is -2.42. The van der Waals surface area contributed by atoms with Crippen molar-refractivity contribution in [2.24, 2.45) is 5.92 Å². The van der Waals surface area contributed by atoms with E-state index in [4.69, 9.17) is 0 Å². The second-order valence-electron chi connectivity index (χ2n) is 5.45. The van der Waals surface area contributed by atoms with E-state index in [1.165, 1.54) is 0 Å². The highest BCUT2D eigenvalue weighted by molar-refractivity contribution is 5.09. The monoisotopic (exact) mass is 236 g/mol. The van der Waals surface area contributed by atoms with Crippen molar-refractivity contribution in [3.05, 3.63) is 29.6 Å². The van der Waals surface area contributed by atoms with Gasteiger partial charge in [0.05, 0.1) is 11.3 Å². The van der Waals surface area contributed by atoms with Gasteiger partial charge in [0.15, 0.2) is 0 Å². The largest absolute Gasteiger partial charge is 0.389 e. The van der Waals surface area contributed by atoms with Gasteiger partial charge in [-0.05, 0) is 38.9 Å². The van der Waals surface area contributed by atoms with Gasteiger partial charge >= 0.3 is 0 Å². The number of aromatic nitrogens is 1. The maximum atomic E-state index is 10.2. The molecule has 0 saturated carbocycles. The summed E-state index contributed by atoms with van der Waals surface area (Å²) in [6.45, 7) is 9.38. The zero-order chi connectivity index (χ0) is 13.1. The van der Waals surface area contributed by atoms with Crippen molar-refractivity contribution in [1.82, 2.24) is 9.88 Å². The van der Waals surface area contributed by atoms with Gasteiger partial charge in [-0.3, -0.25) is 9.88 Å². The molecule has 3 heteroatoms. The Morgan fingerprint density at radius 1 is 1.41 bits per heavy atom. The first-order valence-electron chi connectivity index (χ1n) is 6.14. The van der Waals surface area contributed by atoms with Crippen LogP contribution in [-0.4, -0.2) is 34.2 Å². The normalized spacial score (nSPS) is 15.3. The maximum Gasteiger partial charge on any atom is 0.0768 e. The lowest BCUT2D eigenvalue weighted by Gasteiger charge is -2.32. The molecule has 0 saturated heterocycles. The van der Waals surface area contributed by atoms with E-state index >= 15 is 0 Å². The molecule has 0 aromatic carbocycles. The van der Waals surface area contributed by atoms with Crippen LogP contribution in [0.1, 0.15) is 32.2 Å². The maximum absolute atomic E-state index is 10.2. The second-order valence-corrected chi connectivity index (χ2v) is 5.45. The van der Waals surface area contributed by atoms with Gasteiger partial charge in [0.25, 0.3) is 0 Å². The summed E-state index contributed by atoms with van der Waals surface area (Å²) in [6, 6.07) is 6.04. The van der Waals surface area contributed by atoms with Crippen LogP contribution in [-0.2, 0) is 6.54 Å². The van der Waals surface area contributed by atoms with Crippen LogP contribution in [0.4, 0.5) is 0 Å². The topological polar surface area (TPSA) is 36.4 Å². The highest BCUT2D eigenvalue weighted by Crippen LogP contribution is 2.17. The Balaban J connectivity index is 2.58. The zero-order valence-corrected chi connectivity index (χ0v) is 11.6. The molecule has 1 atom stereocenters. The summed E-state index contributed by atoms with van der Waals surface area (Å²) in [4.78, 5) is 6.58. The molecule has 0 fully saturated rings. The molecule has 0 radical (unpaired) electrons. The highest BCUT2D eigenvalue weighted by atomic mass is 16.3. The van der Waals surface area contributed by atoms with Gasteiger partial charge in [0.1, 0.15) is 0 Å². The van der Waals surface area contributed by atoms with Gasteiger partial charge < -0.3 is 5.11 Å². The Hall–Kier alpha value is -0.930. The SMILES string of the molecule is Cc1cccc(CN(C)CC(C)(O)C(C)C)n1. The van der Waals surface area contributed by atoms with E-state index in [1.807, 2.05) is 52.9 Å². The first kappa shape index (κ1) is 14.1. The van der Waals surface area contributed by atoms with Crippen LogP contribution >= 0.6 is 0 Å².